The molecular weight excluding hydrogens is 341 g/mol. The van der Waals surface area contributed by atoms with E-state index in [9.17, 15) is 4.79 Å². The van der Waals surface area contributed by atoms with Crippen LogP contribution in [0.4, 0.5) is 0 Å². The molecule has 3 N–H and O–H groups in total. The van der Waals surface area contributed by atoms with Gasteiger partial charge in [-0.25, -0.2) is 0 Å². The van der Waals surface area contributed by atoms with Gasteiger partial charge in [-0.15, -0.1) is 6.42 Å². The van der Waals surface area contributed by atoms with Gasteiger partial charge in [0.15, 0.2) is 0 Å². The topological polar surface area (TPSA) is 76.8 Å². The van der Waals surface area contributed by atoms with Crippen molar-refractivity contribution in [2.45, 2.75) is 44.6 Å². The summed E-state index contributed by atoms with van der Waals surface area (Å²) in [5.74, 6) is 0. The predicted molar refractivity (Wildman–Crippen MR) is 112 cm³/mol. The Bertz CT molecular complexity index is 737. The fourth-order valence-corrected chi connectivity index (χ4v) is 3.09. The average Bonchev–Trinajstić information content (AvgIpc) is 2.66. The predicted octanol–water partition coefficient (Wildman–Crippen LogP) is 1.49. The first kappa shape index (κ1) is 25.8. The van der Waals surface area contributed by atoms with Crippen LogP contribution in [-0.2, 0) is 23.2 Å². The summed E-state index contributed by atoms with van der Waals surface area (Å²) in [7, 11) is 0. The number of unbranched alkanes of at least 4 members (excludes halogenated alkanes) is 1. The van der Waals surface area contributed by atoms with Crippen molar-refractivity contribution in [1.82, 2.24) is 5.32 Å². The standard InChI is InChI=1S/C22H25N3O.CH3.Li/c1-22(13-14-26,25-17-24)21-12-11-19(20(15-21)16-23)10-6-5-9-18-7-3-2-4-8-18;;/h2-4,7-8,11-12,15-16,23H,5-6,9-10,13H2,1H3,(H2,24,25);1H3;/q-2;-1;+1/t22-;;/m0../s1. The van der Waals surface area contributed by atoms with Crippen LogP contribution in [0.25, 0.3) is 0 Å². The molecule has 0 unspecified atom stereocenters. The fourth-order valence-electron chi connectivity index (χ4n) is 3.09. The third kappa shape index (κ3) is 7.11. The van der Waals surface area contributed by atoms with Crippen LogP contribution in [0.2, 0.25) is 0 Å². The Labute approximate surface area is 181 Å². The molecule has 0 bridgehead atoms. The number of rotatable bonds is 11. The van der Waals surface area contributed by atoms with Gasteiger partial charge in [0.25, 0.3) is 0 Å². The number of aryl methyl sites for hydroxylation is 2. The Morgan fingerprint density at radius 3 is 2.39 bits per heavy atom. The molecule has 2 aromatic rings. The molecule has 0 fully saturated rings. The molecule has 0 radical (unpaired) electrons. The zero-order valence-corrected chi connectivity index (χ0v) is 17.1. The zero-order valence-electron chi connectivity index (χ0n) is 17.1. The van der Waals surface area contributed by atoms with Gasteiger partial charge in [0, 0.05) is 11.8 Å². The molecule has 0 aliphatic rings. The smallest absolute Gasteiger partial charge is 0.544 e. The van der Waals surface area contributed by atoms with Gasteiger partial charge in [0.05, 0.1) is 0 Å². The third-order valence-corrected chi connectivity index (χ3v) is 4.71. The van der Waals surface area contributed by atoms with Crippen LogP contribution in [0, 0.1) is 18.2 Å². The van der Waals surface area contributed by atoms with E-state index >= 15 is 0 Å². The summed E-state index contributed by atoms with van der Waals surface area (Å²) in [5, 5.41) is 17.7. The maximum atomic E-state index is 10.9. The third-order valence-electron chi connectivity index (χ3n) is 4.71. The monoisotopic (exact) mass is 369 g/mol. The summed E-state index contributed by atoms with van der Waals surface area (Å²) in [5.41, 5.74) is 3.46. The first-order valence-corrected chi connectivity index (χ1v) is 8.84. The number of hydrogen-bond acceptors (Lipinski definition) is 3. The molecule has 28 heavy (non-hydrogen) atoms. The molecule has 144 valence electrons. The van der Waals surface area contributed by atoms with Crippen LogP contribution in [0.1, 0.15) is 48.4 Å². The number of hydrogen-bond donors (Lipinski definition) is 3. The van der Waals surface area contributed by atoms with E-state index < -0.39 is 5.54 Å². The van der Waals surface area contributed by atoms with E-state index in [2.05, 4.69) is 35.9 Å². The summed E-state index contributed by atoms with van der Waals surface area (Å²) in [4.78, 5) is 10.9. The molecule has 4 nitrogen and oxygen atoms in total. The maximum absolute atomic E-state index is 10.9. The zero-order chi connectivity index (χ0) is 18.8. The largest absolute Gasteiger partial charge is 1.00 e. The van der Waals surface area contributed by atoms with Crippen molar-refractivity contribution >= 4 is 18.8 Å². The second-order valence-electron chi connectivity index (χ2n) is 6.65. The van der Waals surface area contributed by atoms with Gasteiger partial charge in [0.2, 0.25) is 0 Å². The molecule has 0 heterocycles. The molecule has 0 saturated heterocycles. The van der Waals surface area contributed by atoms with Gasteiger partial charge in [-0.2, -0.15) is 0 Å². The Morgan fingerprint density at radius 1 is 1.11 bits per heavy atom. The second-order valence-corrected chi connectivity index (χ2v) is 6.65. The molecule has 1 atom stereocenters. The van der Waals surface area contributed by atoms with E-state index in [1.165, 1.54) is 11.8 Å². The number of carbonyl (C=O) groups excluding carboxylic acids is 1. The van der Waals surface area contributed by atoms with Gasteiger partial charge in [-0.1, -0.05) is 42.5 Å². The summed E-state index contributed by atoms with van der Waals surface area (Å²) in [6.07, 6.45) is 9.68. The molecule has 0 spiro atoms. The Morgan fingerprint density at radius 2 is 1.79 bits per heavy atom. The molecular formula is C23H28LiN3O-2. The molecule has 0 aromatic heterocycles. The minimum absolute atomic E-state index is 0. The Kier molecular flexibility index (Phi) is 12.1. The number of nitrogens with one attached hydrogen (secondary N) is 3. The van der Waals surface area contributed by atoms with Crippen LogP contribution < -0.4 is 24.2 Å². The van der Waals surface area contributed by atoms with Crippen molar-refractivity contribution in [1.29, 1.82) is 10.8 Å². The van der Waals surface area contributed by atoms with Gasteiger partial charge < -0.3 is 34.7 Å². The molecule has 0 saturated carbocycles. The Balaban J connectivity index is 0.00000364. The van der Waals surface area contributed by atoms with Crippen LogP contribution in [0.3, 0.4) is 0 Å². The van der Waals surface area contributed by atoms with Crippen LogP contribution in [-0.4, -0.2) is 18.8 Å². The van der Waals surface area contributed by atoms with Crippen molar-refractivity contribution in [2.75, 3.05) is 0 Å². The average molecular weight is 369 g/mol. The summed E-state index contributed by atoms with van der Waals surface area (Å²) in [6.45, 7) is 1.84. The van der Waals surface area contributed by atoms with Gasteiger partial charge in [-0.05, 0) is 60.9 Å². The summed E-state index contributed by atoms with van der Waals surface area (Å²) < 4.78 is 0. The molecule has 0 aliphatic carbocycles. The minimum atomic E-state index is -0.729. The fraction of sp³-hybridized carbons (Fsp3) is 0.304. The normalized spacial score (nSPS) is 11.9. The first-order chi connectivity index (χ1) is 12.6. The minimum Gasteiger partial charge on any atom is -0.544 e. The Hall–Kier alpha value is -2.15. The SMILES string of the molecule is C[C@@](C[C-]=O)(N[C-]=N)c1ccc(CCCCc2ccccc2)c(C=N)c1.[CH3-].[Li+]. The molecule has 0 amide bonds. The molecule has 0 aliphatic heterocycles. The van der Waals surface area contributed by atoms with Crippen molar-refractivity contribution in [3.8, 4) is 0 Å². The second kappa shape index (κ2) is 13.1. The van der Waals surface area contributed by atoms with Gasteiger partial charge in [0.1, 0.15) is 0 Å². The number of benzene rings is 2. The van der Waals surface area contributed by atoms with Crippen molar-refractivity contribution in [2.24, 2.45) is 0 Å². The van der Waals surface area contributed by atoms with E-state index in [4.69, 9.17) is 10.8 Å². The molecule has 2 aromatic carbocycles. The van der Waals surface area contributed by atoms with Crippen LogP contribution >= 0.6 is 0 Å². The van der Waals surface area contributed by atoms with Gasteiger partial charge >= 0.3 is 18.9 Å². The first-order valence-electron chi connectivity index (χ1n) is 8.84. The van der Waals surface area contributed by atoms with E-state index in [0.29, 0.717) is 0 Å². The van der Waals surface area contributed by atoms with E-state index in [1.54, 1.807) is 0 Å². The van der Waals surface area contributed by atoms with E-state index in [0.717, 1.165) is 42.4 Å². The molecule has 2 rings (SSSR count). The van der Waals surface area contributed by atoms with Crippen molar-refractivity contribution in [3.05, 3.63) is 78.2 Å². The van der Waals surface area contributed by atoms with Crippen LogP contribution in [0.5, 0.6) is 0 Å². The van der Waals surface area contributed by atoms with E-state index in [-0.39, 0.29) is 32.7 Å². The molecule has 5 heteroatoms. The van der Waals surface area contributed by atoms with Crippen molar-refractivity contribution in [3.63, 3.8) is 0 Å². The summed E-state index contributed by atoms with van der Waals surface area (Å²) >= 11 is 0. The quantitative estimate of drug-likeness (QED) is 0.140. The van der Waals surface area contributed by atoms with Crippen LogP contribution in [0.15, 0.2) is 48.5 Å². The van der Waals surface area contributed by atoms with E-state index in [1.807, 2.05) is 37.5 Å². The van der Waals surface area contributed by atoms with Gasteiger partial charge in [-0.3, -0.25) is 6.29 Å². The van der Waals surface area contributed by atoms with Crippen molar-refractivity contribution < 1.29 is 23.7 Å². The maximum Gasteiger partial charge on any atom is 1.00 e. The summed E-state index contributed by atoms with van der Waals surface area (Å²) in [6, 6.07) is 16.4.